The maximum atomic E-state index is 12.1. The van der Waals surface area contributed by atoms with Crippen molar-refractivity contribution in [3.8, 4) is 11.4 Å². The Morgan fingerprint density at radius 2 is 1.96 bits per heavy atom. The molecule has 128 valence electrons. The standard InChI is InChI=1S/C16H11ClF2N4O2/c17-10-2-1-3-11(8-10)21-15(24)14-20-9-23(22-14)12-4-6-13(7-5-12)25-16(18)19/h1-9,16H,(H,21,24). The SMILES string of the molecule is O=C(Nc1cccc(Cl)c1)c1ncn(-c2ccc(OC(F)F)cc2)n1. The lowest BCUT2D eigenvalue weighted by molar-refractivity contribution is -0.0498. The number of amides is 1. The van der Waals surface area contributed by atoms with Crippen molar-refractivity contribution in [2.45, 2.75) is 6.61 Å². The van der Waals surface area contributed by atoms with Crippen LogP contribution in [0.2, 0.25) is 5.02 Å². The van der Waals surface area contributed by atoms with Crippen LogP contribution in [0.1, 0.15) is 10.6 Å². The minimum Gasteiger partial charge on any atom is -0.435 e. The molecule has 6 nitrogen and oxygen atoms in total. The van der Waals surface area contributed by atoms with Crippen LogP contribution >= 0.6 is 11.6 Å². The number of benzene rings is 2. The third kappa shape index (κ3) is 4.30. The van der Waals surface area contributed by atoms with E-state index in [-0.39, 0.29) is 11.6 Å². The van der Waals surface area contributed by atoms with Gasteiger partial charge in [-0.1, -0.05) is 17.7 Å². The van der Waals surface area contributed by atoms with Gasteiger partial charge in [-0.2, -0.15) is 8.78 Å². The third-order valence-electron chi connectivity index (χ3n) is 3.10. The minimum absolute atomic E-state index is 0.0257. The van der Waals surface area contributed by atoms with Gasteiger partial charge in [0.2, 0.25) is 5.82 Å². The van der Waals surface area contributed by atoms with Gasteiger partial charge < -0.3 is 10.1 Å². The highest BCUT2D eigenvalue weighted by Gasteiger charge is 2.13. The molecule has 9 heteroatoms. The van der Waals surface area contributed by atoms with Crippen molar-refractivity contribution in [2.24, 2.45) is 0 Å². The zero-order valence-corrected chi connectivity index (χ0v) is 13.3. The number of anilines is 1. The Labute approximate surface area is 146 Å². The van der Waals surface area contributed by atoms with E-state index in [1.807, 2.05) is 0 Å². The molecule has 1 aromatic heterocycles. The number of alkyl halides is 2. The van der Waals surface area contributed by atoms with Crippen LogP contribution in [0.25, 0.3) is 5.69 Å². The van der Waals surface area contributed by atoms with Crippen molar-refractivity contribution in [1.29, 1.82) is 0 Å². The summed E-state index contributed by atoms with van der Waals surface area (Å²) >= 11 is 5.86. The second kappa shape index (κ2) is 7.27. The first kappa shape index (κ1) is 16.8. The smallest absolute Gasteiger partial charge is 0.387 e. The van der Waals surface area contributed by atoms with Gasteiger partial charge in [0.05, 0.1) is 5.69 Å². The maximum absolute atomic E-state index is 12.1. The summed E-state index contributed by atoms with van der Waals surface area (Å²) in [4.78, 5) is 16.1. The first-order valence-electron chi connectivity index (χ1n) is 7.05. The predicted molar refractivity (Wildman–Crippen MR) is 87.4 cm³/mol. The fourth-order valence-electron chi connectivity index (χ4n) is 2.03. The number of hydrogen-bond donors (Lipinski definition) is 1. The quantitative estimate of drug-likeness (QED) is 0.748. The molecule has 2 aromatic carbocycles. The summed E-state index contributed by atoms with van der Waals surface area (Å²) in [7, 11) is 0. The molecule has 0 bridgehead atoms. The van der Waals surface area contributed by atoms with Crippen LogP contribution in [0.15, 0.2) is 54.9 Å². The fourth-order valence-corrected chi connectivity index (χ4v) is 2.22. The third-order valence-corrected chi connectivity index (χ3v) is 3.34. The Kier molecular flexibility index (Phi) is 4.90. The monoisotopic (exact) mass is 364 g/mol. The first-order valence-corrected chi connectivity index (χ1v) is 7.43. The Morgan fingerprint density at radius 3 is 2.64 bits per heavy atom. The molecule has 0 spiro atoms. The number of nitrogens with one attached hydrogen (secondary N) is 1. The molecule has 0 saturated heterocycles. The van der Waals surface area contributed by atoms with E-state index in [2.05, 4.69) is 20.1 Å². The Hall–Kier alpha value is -3.00. The number of halogens is 3. The van der Waals surface area contributed by atoms with Crippen molar-refractivity contribution in [3.63, 3.8) is 0 Å². The van der Waals surface area contributed by atoms with E-state index < -0.39 is 12.5 Å². The van der Waals surface area contributed by atoms with E-state index in [1.165, 1.54) is 35.3 Å². The van der Waals surface area contributed by atoms with Gasteiger partial charge in [0.1, 0.15) is 12.1 Å². The Bertz CT molecular complexity index is 884. The molecule has 25 heavy (non-hydrogen) atoms. The molecule has 0 radical (unpaired) electrons. The van der Waals surface area contributed by atoms with E-state index in [9.17, 15) is 13.6 Å². The normalized spacial score (nSPS) is 10.7. The van der Waals surface area contributed by atoms with Crippen LogP contribution in [0.5, 0.6) is 5.75 Å². The summed E-state index contributed by atoms with van der Waals surface area (Å²) in [5.74, 6) is -0.524. The molecule has 3 aromatic rings. The number of aromatic nitrogens is 3. The largest absolute Gasteiger partial charge is 0.435 e. The highest BCUT2D eigenvalue weighted by atomic mass is 35.5. The second-order valence-corrected chi connectivity index (χ2v) is 5.29. The van der Waals surface area contributed by atoms with Gasteiger partial charge >= 0.3 is 6.61 Å². The van der Waals surface area contributed by atoms with Gasteiger partial charge in [0.15, 0.2) is 0 Å². The highest BCUT2D eigenvalue weighted by molar-refractivity contribution is 6.30. The van der Waals surface area contributed by atoms with Gasteiger partial charge in [-0.25, -0.2) is 9.67 Å². The van der Waals surface area contributed by atoms with Crippen molar-refractivity contribution >= 4 is 23.2 Å². The van der Waals surface area contributed by atoms with E-state index in [1.54, 1.807) is 24.3 Å². The molecule has 1 N–H and O–H groups in total. The molecular weight excluding hydrogens is 354 g/mol. The van der Waals surface area contributed by atoms with Crippen molar-refractivity contribution in [3.05, 3.63) is 65.7 Å². The summed E-state index contributed by atoms with van der Waals surface area (Å²) in [5.41, 5.74) is 1.05. The Morgan fingerprint density at radius 1 is 1.20 bits per heavy atom. The molecule has 0 saturated carbocycles. The molecule has 0 atom stereocenters. The second-order valence-electron chi connectivity index (χ2n) is 4.85. The average molecular weight is 365 g/mol. The summed E-state index contributed by atoms with van der Waals surface area (Å²) < 4.78 is 29.9. The summed E-state index contributed by atoms with van der Waals surface area (Å²) in [6, 6.07) is 12.4. The minimum atomic E-state index is -2.89. The lowest BCUT2D eigenvalue weighted by Crippen LogP contribution is -2.14. The predicted octanol–water partition coefficient (Wildman–Crippen LogP) is 3.77. The van der Waals surface area contributed by atoms with Gasteiger partial charge in [0, 0.05) is 10.7 Å². The number of ether oxygens (including phenoxy) is 1. The van der Waals surface area contributed by atoms with Gasteiger partial charge in [-0.15, -0.1) is 5.10 Å². The molecule has 1 heterocycles. The topological polar surface area (TPSA) is 69.0 Å². The first-order chi connectivity index (χ1) is 12.0. The summed E-state index contributed by atoms with van der Waals surface area (Å²) in [5, 5.41) is 7.18. The number of rotatable bonds is 5. The van der Waals surface area contributed by atoms with E-state index in [4.69, 9.17) is 11.6 Å². The highest BCUT2D eigenvalue weighted by Crippen LogP contribution is 2.18. The molecular formula is C16H11ClF2N4O2. The Balaban J connectivity index is 1.72. The average Bonchev–Trinajstić information content (AvgIpc) is 3.05. The number of nitrogens with zero attached hydrogens (tertiary/aromatic N) is 3. The number of hydrogen-bond acceptors (Lipinski definition) is 4. The summed E-state index contributed by atoms with van der Waals surface area (Å²) in [6.45, 7) is -2.89. The molecule has 3 rings (SSSR count). The van der Waals surface area contributed by atoms with Crippen LogP contribution in [0, 0.1) is 0 Å². The van der Waals surface area contributed by atoms with Gasteiger partial charge in [0.25, 0.3) is 5.91 Å². The molecule has 0 fully saturated rings. The maximum Gasteiger partial charge on any atom is 0.387 e. The zero-order valence-electron chi connectivity index (χ0n) is 12.6. The lowest BCUT2D eigenvalue weighted by atomic mass is 10.3. The van der Waals surface area contributed by atoms with Crippen molar-refractivity contribution < 1.29 is 18.3 Å². The van der Waals surface area contributed by atoms with E-state index in [0.717, 1.165) is 0 Å². The molecule has 0 unspecified atom stereocenters. The van der Waals surface area contributed by atoms with E-state index >= 15 is 0 Å². The van der Waals surface area contributed by atoms with E-state index in [0.29, 0.717) is 16.4 Å². The van der Waals surface area contributed by atoms with Crippen LogP contribution < -0.4 is 10.1 Å². The molecule has 1 amide bonds. The fraction of sp³-hybridized carbons (Fsp3) is 0.0625. The van der Waals surface area contributed by atoms with Crippen LogP contribution in [-0.2, 0) is 0 Å². The molecule has 0 aliphatic carbocycles. The molecule has 0 aliphatic heterocycles. The number of carbonyl (C=O) groups excluding carboxylic acids is 1. The van der Waals surface area contributed by atoms with Crippen LogP contribution in [0.4, 0.5) is 14.5 Å². The van der Waals surface area contributed by atoms with Crippen LogP contribution in [0.3, 0.4) is 0 Å². The van der Waals surface area contributed by atoms with Gasteiger partial charge in [-0.05, 0) is 42.5 Å². The summed E-state index contributed by atoms with van der Waals surface area (Å²) in [6.07, 6.45) is 1.34. The zero-order chi connectivity index (χ0) is 17.8. The molecule has 0 aliphatic rings. The van der Waals surface area contributed by atoms with Gasteiger partial charge in [-0.3, -0.25) is 4.79 Å². The van der Waals surface area contributed by atoms with Crippen molar-refractivity contribution in [2.75, 3.05) is 5.32 Å². The van der Waals surface area contributed by atoms with Crippen LogP contribution in [-0.4, -0.2) is 27.3 Å². The lowest BCUT2D eigenvalue weighted by Gasteiger charge is -2.05. The number of carbonyl (C=O) groups is 1. The van der Waals surface area contributed by atoms with Crippen molar-refractivity contribution in [1.82, 2.24) is 14.8 Å².